The SMILES string of the molecule is N#CCSc1n[nH]c(N/N=C\c2cccc(Br)c2)n1. The van der Waals surface area contributed by atoms with Crippen LogP contribution in [0.1, 0.15) is 5.56 Å². The number of aromatic nitrogens is 3. The highest BCUT2D eigenvalue weighted by molar-refractivity contribution is 9.10. The fraction of sp³-hybridized carbons (Fsp3) is 0.0909. The first-order chi connectivity index (χ1) is 9.28. The molecule has 96 valence electrons. The molecule has 2 N–H and O–H groups in total. The molecule has 0 amide bonds. The zero-order valence-electron chi connectivity index (χ0n) is 9.67. The van der Waals surface area contributed by atoms with Crippen molar-refractivity contribution in [3.05, 3.63) is 34.3 Å². The van der Waals surface area contributed by atoms with E-state index in [4.69, 9.17) is 5.26 Å². The Balaban J connectivity index is 1.91. The van der Waals surface area contributed by atoms with Gasteiger partial charge in [0.1, 0.15) is 0 Å². The maximum atomic E-state index is 8.44. The Morgan fingerprint density at radius 2 is 2.47 bits per heavy atom. The third-order valence-electron chi connectivity index (χ3n) is 1.96. The Labute approximate surface area is 122 Å². The molecule has 1 aromatic heterocycles. The fourth-order valence-electron chi connectivity index (χ4n) is 1.21. The summed E-state index contributed by atoms with van der Waals surface area (Å²) in [5.41, 5.74) is 3.70. The molecule has 2 rings (SSSR count). The molecule has 0 spiro atoms. The molecule has 0 atom stereocenters. The highest BCUT2D eigenvalue weighted by atomic mass is 79.9. The van der Waals surface area contributed by atoms with Gasteiger partial charge in [0, 0.05) is 4.47 Å². The van der Waals surface area contributed by atoms with Crippen LogP contribution < -0.4 is 5.43 Å². The predicted molar refractivity (Wildman–Crippen MR) is 78.1 cm³/mol. The summed E-state index contributed by atoms with van der Waals surface area (Å²) < 4.78 is 0.992. The van der Waals surface area contributed by atoms with E-state index in [1.807, 2.05) is 30.3 Å². The third kappa shape index (κ3) is 4.39. The number of aromatic amines is 1. The van der Waals surface area contributed by atoms with Crippen LogP contribution in [0.25, 0.3) is 0 Å². The van der Waals surface area contributed by atoms with Gasteiger partial charge in [-0.2, -0.15) is 15.3 Å². The second-order valence-corrected chi connectivity index (χ2v) is 5.20. The van der Waals surface area contributed by atoms with Gasteiger partial charge in [0.05, 0.1) is 18.0 Å². The second kappa shape index (κ2) is 6.92. The topological polar surface area (TPSA) is 89.8 Å². The van der Waals surface area contributed by atoms with Gasteiger partial charge in [-0.05, 0) is 17.7 Å². The van der Waals surface area contributed by atoms with Crippen LogP contribution in [0.15, 0.2) is 39.0 Å². The number of nitrogens with zero attached hydrogens (tertiary/aromatic N) is 4. The van der Waals surface area contributed by atoms with Crippen molar-refractivity contribution in [2.24, 2.45) is 5.10 Å². The number of thioether (sulfide) groups is 1. The largest absolute Gasteiger partial charge is 0.246 e. The molecule has 0 saturated carbocycles. The van der Waals surface area contributed by atoms with E-state index < -0.39 is 0 Å². The normalized spacial score (nSPS) is 10.5. The summed E-state index contributed by atoms with van der Waals surface area (Å²) in [4.78, 5) is 4.11. The average Bonchev–Trinajstić information content (AvgIpc) is 2.84. The van der Waals surface area contributed by atoms with Crippen LogP contribution in [0.3, 0.4) is 0 Å². The highest BCUT2D eigenvalue weighted by Gasteiger charge is 2.01. The van der Waals surface area contributed by atoms with Crippen molar-refractivity contribution in [3.63, 3.8) is 0 Å². The summed E-state index contributed by atoms with van der Waals surface area (Å²) in [5, 5.41) is 19.6. The van der Waals surface area contributed by atoms with Crippen LogP contribution >= 0.6 is 27.7 Å². The number of anilines is 1. The molecule has 6 nitrogen and oxygen atoms in total. The summed E-state index contributed by atoms with van der Waals surface area (Å²) in [6.45, 7) is 0. The fourth-order valence-corrected chi connectivity index (χ4v) is 2.09. The quantitative estimate of drug-likeness (QED) is 0.497. The minimum Gasteiger partial charge on any atom is -0.246 e. The highest BCUT2D eigenvalue weighted by Crippen LogP contribution is 2.13. The van der Waals surface area contributed by atoms with Crippen molar-refractivity contribution in [2.45, 2.75) is 5.16 Å². The number of nitrogens with one attached hydrogen (secondary N) is 2. The molecule has 0 fully saturated rings. The first-order valence-corrected chi connectivity index (χ1v) is 7.02. The van der Waals surface area contributed by atoms with Crippen molar-refractivity contribution in [1.82, 2.24) is 15.2 Å². The molecule has 0 saturated heterocycles. The van der Waals surface area contributed by atoms with Gasteiger partial charge in [-0.15, -0.1) is 5.10 Å². The lowest BCUT2D eigenvalue weighted by atomic mass is 10.2. The molecule has 0 aliphatic carbocycles. The van der Waals surface area contributed by atoms with Crippen LogP contribution in [0, 0.1) is 11.3 Å². The van der Waals surface area contributed by atoms with Gasteiger partial charge in [-0.3, -0.25) is 0 Å². The van der Waals surface area contributed by atoms with Gasteiger partial charge in [0.2, 0.25) is 11.1 Å². The van der Waals surface area contributed by atoms with E-state index >= 15 is 0 Å². The molecule has 1 aromatic carbocycles. The first kappa shape index (κ1) is 13.6. The number of hydrogen-bond acceptors (Lipinski definition) is 6. The number of H-pyrrole nitrogens is 1. The predicted octanol–water partition coefficient (Wildman–Crippen LogP) is 2.63. The van der Waals surface area contributed by atoms with Gasteiger partial charge in [0.25, 0.3) is 0 Å². The van der Waals surface area contributed by atoms with Crippen molar-refractivity contribution >= 4 is 39.9 Å². The van der Waals surface area contributed by atoms with Crippen molar-refractivity contribution in [1.29, 1.82) is 5.26 Å². The maximum absolute atomic E-state index is 8.44. The zero-order valence-corrected chi connectivity index (χ0v) is 12.1. The van der Waals surface area contributed by atoms with E-state index in [1.165, 1.54) is 11.8 Å². The molecule has 8 heteroatoms. The minimum atomic E-state index is 0.318. The van der Waals surface area contributed by atoms with Crippen molar-refractivity contribution < 1.29 is 0 Å². The maximum Gasteiger partial charge on any atom is 0.240 e. The number of benzene rings is 1. The van der Waals surface area contributed by atoms with E-state index in [0.29, 0.717) is 16.9 Å². The smallest absolute Gasteiger partial charge is 0.240 e. The van der Waals surface area contributed by atoms with Gasteiger partial charge < -0.3 is 0 Å². The van der Waals surface area contributed by atoms with Crippen LogP contribution in [0.4, 0.5) is 5.95 Å². The molecule has 2 aromatic rings. The van der Waals surface area contributed by atoms with E-state index in [0.717, 1.165) is 10.0 Å². The standard InChI is InChI=1S/C11H9BrN6S/c12-9-3-1-2-8(6-9)7-14-16-10-15-11(18-17-10)19-5-4-13/h1-3,6-7H,5H2,(H2,15,16,17,18)/b14-7-. The number of hydrogen-bond donors (Lipinski definition) is 2. The molecule has 1 heterocycles. The summed E-state index contributed by atoms with van der Waals surface area (Å²) in [5.74, 6) is 0.755. The Bertz CT molecular complexity index is 618. The van der Waals surface area contributed by atoms with Crippen LogP contribution in [0.5, 0.6) is 0 Å². The lowest BCUT2D eigenvalue weighted by Crippen LogP contribution is -1.92. The summed E-state index contributed by atoms with van der Waals surface area (Å²) >= 11 is 4.65. The molecule has 0 aliphatic heterocycles. The molecular weight excluding hydrogens is 328 g/mol. The van der Waals surface area contributed by atoms with Crippen LogP contribution in [-0.2, 0) is 0 Å². The monoisotopic (exact) mass is 336 g/mol. The zero-order chi connectivity index (χ0) is 13.5. The van der Waals surface area contributed by atoms with Gasteiger partial charge >= 0.3 is 0 Å². The van der Waals surface area contributed by atoms with E-state index in [1.54, 1.807) is 6.21 Å². The number of rotatable bonds is 5. The molecule has 19 heavy (non-hydrogen) atoms. The lowest BCUT2D eigenvalue weighted by molar-refractivity contribution is 0.975. The number of hydrazone groups is 1. The van der Waals surface area contributed by atoms with Crippen LogP contribution in [-0.4, -0.2) is 27.1 Å². The average molecular weight is 337 g/mol. The number of nitriles is 1. The van der Waals surface area contributed by atoms with Crippen molar-refractivity contribution in [3.8, 4) is 6.07 Å². The van der Waals surface area contributed by atoms with Gasteiger partial charge in [-0.1, -0.05) is 39.8 Å². The lowest BCUT2D eigenvalue weighted by Gasteiger charge is -1.94. The summed E-state index contributed by atoms with van der Waals surface area (Å²) in [6.07, 6.45) is 1.68. The van der Waals surface area contributed by atoms with Gasteiger partial charge in [-0.25, -0.2) is 10.5 Å². The number of halogens is 1. The van der Waals surface area contributed by atoms with E-state index in [9.17, 15) is 0 Å². The molecule has 0 aliphatic rings. The Morgan fingerprint density at radius 1 is 1.58 bits per heavy atom. The Morgan fingerprint density at radius 3 is 3.26 bits per heavy atom. The Kier molecular flexibility index (Phi) is 4.94. The first-order valence-electron chi connectivity index (χ1n) is 5.25. The van der Waals surface area contributed by atoms with Crippen molar-refractivity contribution in [2.75, 3.05) is 11.2 Å². The van der Waals surface area contributed by atoms with E-state index in [-0.39, 0.29) is 0 Å². The molecule has 0 unspecified atom stereocenters. The van der Waals surface area contributed by atoms with E-state index in [2.05, 4.69) is 41.6 Å². The Hall–Kier alpha value is -1.85. The molecule has 0 radical (unpaired) electrons. The van der Waals surface area contributed by atoms with Crippen LogP contribution in [0.2, 0.25) is 0 Å². The minimum absolute atomic E-state index is 0.318. The summed E-state index contributed by atoms with van der Waals surface area (Å²) in [6, 6.07) is 9.76. The third-order valence-corrected chi connectivity index (χ3v) is 3.17. The van der Waals surface area contributed by atoms with Gasteiger partial charge in [0.15, 0.2) is 0 Å². The second-order valence-electron chi connectivity index (χ2n) is 3.34. The molecule has 0 bridgehead atoms. The summed E-state index contributed by atoms with van der Waals surface area (Å²) in [7, 11) is 0. The molecular formula is C11H9BrN6S.